The lowest BCUT2D eigenvalue weighted by atomic mass is 9.88. The summed E-state index contributed by atoms with van der Waals surface area (Å²) in [6.07, 6.45) is 1.60. The van der Waals surface area contributed by atoms with Crippen molar-refractivity contribution in [3.05, 3.63) is 93.5 Å². The van der Waals surface area contributed by atoms with Gasteiger partial charge in [0.05, 0.1) is 22.8 Å². The van der Waals surface area contributed by atoms with E-state index in [-0.39, 0.29) is 23.6 Å². The van der Waals surface area contributed by atoms with Crippen LogP contribution in [0.15, 0.2) is 54.6 Å². The summed E-state index contributed by atoms with van der Waals surface area (Å²) in [6, 6.07) is 17.4. The summed E-state index contributed by atoms with van der Waals surface area (Å²) in [4.78, 5) is 38.7. The van der Waals surface area contributed by atoms with E-state index in [4.69, 9.17) is 11.0 Å². The van der Waals surface area contributed by atoms with Gasteiger partial charge in [-0.05, 0) is 89.9 Å². The molecule has 3 aromatic rings. The van der Waals surface area contributed by atoms with E-state index in [9.17, 15) is 24.6 Å². The standard InChI is InChI=1S/C29H27N3O5/c1-17-24(13-23(28(34)35)14-25(17)29(36)37)26-12-21(6-7-22(26)16-31)27(33)32-10-8-20(9-11-32)19-4-2-18(15-30)3-5-19/h2-7,12-14,20H,8-11,16,31H2,1H3,(H,34,35)(H,36,37). The Kier molecular flexibility index (Phi) is 7.37. The van der Waals surface area contributed by atoms with Crippen molar-refractivity contribution >= 4 is 17.8 Å². The van der Waals surface area contributed by atoms with E-state index in [1.807, 2.05) is 24.3 Å². The van der Waals surface area contributed by atoms with Crippen molar-refractivity contribution in [1.82, 2.24) is 4.90 Å². The average molecular weight is 498 g/mol. The Morgan fingerprint density at radius 2 is 1.59 bits per heavy atom. The zero-order valence-electron chi connectivity index (χ0n) is 20.4. The Morgan fingerprint density at radius 1 is 0.946 bits per heavy atom. The Morgan fingerprint density at radius 3 is 2.16 bits per heavy atom. The third-order valence-electron chi connectivity index (χ3n) is 7.05. The summed E-state index contributed by atoms with van der Waals surface area (Å²) in [5, 5.41) is 28.2. The number of piperidine rings is 1. The largest absolute Gasteiger partial charge is 0.478 e. The SMILES string of the molecule is Cc1c(C(=O)O)cc(C(=O)O)cc1-c1cc(C(=O)N2CCC(c3ccc(C#N)cc3)CC2)ccc1CN. The maximum absolute atomic E-state index is 13.4. The number of nitriles is 1. The highest BCUT2D eigenvalue weighted by atomic mass is 16.4. The summed E-state index contributed by atoms with van der Waals surface area (Å²) < 4.78 is 0. The molecular weight excluding hydrogens is 470 g/mol. The summed E-state index contributed by atoms with van der Waals surface area (Å²) >= 11 is 0. The molecule has 3 aromatic carbocycles. The number of carbonyl (C=O) groups is 3. The molecule has 1 amide bonds. The number of aromatic carboxylic acids is 2. The minimum Gasteiger partial charge on any atom is -0.478 e. The molecule has 0 unspecified atom stereocenters. The topological polar surface area (TPSA) is 145 Å². The van der Waals surface area contributed by atoms with Crippen LogP contribution in [0.3, 0.4) is 0 Å². The molecule has 0 aromatic heterocycles. The number of hydrogen-bond donors (Lipinski definition) is 3. The number of likely N-dealkylation sites (tertiary alicyclic amines) is 1. The zero-order valence-corrected chi connectivity index (χ0v) is 20.4. The fraction of sp³-hybridized carbons (Fsp3) is 0.241. The Labute approximate surface area is 214 Å². The first-order valence-electron chi connectivity index (χ1n) is 12.0. The number of hydrogen-bond acceptors (Lipinski definition) is 5. The smallest absolute Gasteiger partial charge is 0.335 e. The van der Waals surface area contributed by atoms with Crippen LogP contribution in [-0.4, -0.2) is 46.0 Å². The first-order valence-corrected chi connectivity index (χ1v) is 12.0. The van der Waals surface area contributed by atoms with Crippen molar-refractivity contribution in [1.29, 1.82) is 5.26 Å². The molecular formula is C29H27N3O5. The third kappa shape index (κ3) is 5.22. The first-order chi connectivity index (χ1) is 17.7. The Balaban J connectivity index is 1.62. The lowest BCUT2D eigenvalue weighted by Gasteiger charge is -2.32. The van der Waals surface area contributed by atoms with Crippen LogP contribution < -0.4 is 5.73 Å². The van der Waals surface area contributed by atoms with Gasteiger partial charge in [0.2, 0.25) is 0 Å². The number of carbonyl (C=O) groups excluding carboxylic acids is 1. The molecule has 188 valence electrons. The molecule has 4 rings (SSSR count). The molecule has 1 heterocycles. The van der Waals surface area contributed by atoms with E-state index >= 15 is 0 Å². The van der Waals surface area contributed by atoms with Crippen LogP contribution >= 0.6 is 0 Å². The summed E-state index contributed by atoms with van der Waals surface area (Å²) in [6.45, 7) is 2.91. The van der Waals surface area contributed by atoms with E-state index < -0.39 is 11.9 Å². The molecule has 8 heteroatoms. The van der Waals surface area contributed by atoms with Gasteiger partial charge >= 0.3 is 11.9 Å². The summed E-state index contributed by atoms with van der Waals surface area (Å²) in [5.41, 5.74) is 9.94. The van der Waals surface area contributed by atoms with Crippen LogP contribution in [0.25, 0.3) is 11.1 Å². The lowest BCUT2D eigenvalue weighted by molar-refractivity contribution is 0.0690. The number of nitrogens with two attached hydrogens (primary N) is 1. The molecule has 1 aliphatic rings. The van der Waals surface area contributed by atoms with Crippen LogP contribution in [0, 0.1) is 18.3 Å². The Hall–Kier alpha value is -4.48. The molecule has 0 spiro atoms. The van der Waals surface area contributed by atoms with Gasteiger partial charge in [-0.1, -0.05) is 18.2 Å². The van der Waals surface area contributed by atoms with E-state index in [2.05, 4.69) is 6.07 Å². The second-order valence-electron chi connectivity index (χ2n) is 9.18. The summed E-state index contributed by atoms with van der Waals surface area (Å²) in [7, 11) is 0. The molecule has 1 aliphatic heterocycles. The highest BCUT2D eigenvalue weighted by Gasteiger charge is 2.26. The van der Waals surface area contributed by atoms with E-state index in [0.717, 1.165) is 24.5 Å². The highest BCUT2D eigenvalue weighted by molar-refractivity contribution is 6.00. The van der Waals surface area contributed by atoms with Crippen LogP contribution in [0.4, 0.5) is 0 Å². The second-order valence-corrected chi connectivity index (χ2v) is 9.18. The van der Waals surface area contributed by atoms with Gasteiger partial charge in [-0.2, -0.15) is 5.26 Å². The van der Waals surface area contributed by atoms with Crippen molar-refractivity contribution in [2.75, 3.05) is 13.1 Å². The lowest BCUT2D eigenvalue weighted by Crippen LogP contribution is -2.38. The van der Waals surface area contributed by atoms with E-state index in [1.165, 1.54) is 6.07 Å². The third-order valence-corrected chi connectivity index (χ3v) is 7.05. The highest BCUT2D eigenvalue weighted by Crippen LogP contribution is 2.33. The fourth-order valence-electron chi connectivity index (χ4n) is 4.91. The number of carboxylic acid groups (broad SMARTS) is 2. The molecule has 0 bridgehead atoms. The van der Waals surface area contributed by atoms with Crippen molar-refractivity contribution < 1.29 is 24.6 Å². The predicted molar refractivity (Wildman–Crippen MR) is 137 cm³/mol. The number of amides is 1. The number of nitrogens with zero attached hydrogens (tertiary/aromatic N) is 2. The van der Waals surface area contributed by atoms with Crippen molar-refractivity contribution in [2.24, 2.45) is 5.73 Å². The number of benzene rings is 3. The monoisotopic (exact) mass is 497 g/mol. The summed E-state index contributed by atoms with van der Waals surface area (Å²) in [5.74, 6) is -2.31. The van der Waals surface area contributed by atoms with Gasteiger partial charge in [0, 0.05) is 25.2 Å². The van der Waals surface area contributed by atoms with Crippen LogP contribution in [0.2, 0.25) is 0 Å². The normalized spacial score (nSPS) is 13.7. The minimum absolute atomic E-state index is 0.112. The van der Waals surface area contributed by atoms with Gasteiger partial charge in [-0.25, -0.2) is 9.59 Å². The molecule has 0 radical (unpaired) electrons. The van der Waals surface area contributed by atoms with E-state index in [0.29, 0.717) is 52.4 Å². The molecule has 1 saturated heterocycles. The molecule has 0 saturated carbocycles. The maximum Gasteiger partial charge on any atom is 0.335 e. The number of carboxylic acids is 2. The number of rotatable bonds is 6. The maximum atomic E-state index is 13.4. The first kappa shape index (κ1) is 25.6. The van der Waals surface area contributed by atoms with Crippen molar-refractivity contribution in [2.45, 2.75) is 32.2 Å². The average Bonchev–Trinajstić information content (AvgIpc) is 2.92. The molecule has 0 atom stereocenters. The molecule has 0 aliphatic carbocycles. The quantitative estimate of drug-likeness (QED) is 0.457. The van der Waals surface area contributed by atoms with Crippen LogP contribution in [0.1, 0.15) is 72.1 Å². The molecule has 37 heavy (non-hydrogen) atoms. The molecule has 4 N–H and O–H groups in total. The van der Waals surface area contributed by atoms with Gasteiger partial charge in [0.1, 0.15) is 0 Å². The van der Waals surface area contributed by atoms with Crippen molar-refractivity contribution in [3.63, 3.8) is 0 Å². The van der Waals surface area contributed by atoms with Gasteiger partial charge in [-0.3, -0.25) is 4.79 Å². The van der Waals surface area contributed by atoms with Gasteiger partial charge in [0.15, 0.2) is 0 Å². The molecule has 8 nitrogen and oxygen atoms in total. The van der Waals surface area contributed by atoms with Gasteiger partial charge < -0.3 is 20.8 Å². The Bertz CT molecular complexity index is 1410. The predicted octanol–water partition coefficient (Wildman–Crippen LogP) is 4.41. The van der Waals surface area contributed by atoms with E-state index in [1.54, 1.807) is 30.0 Å². The van der Waals surface area contributed by atoms with Gasteiger partial charge in [-0.15, -0.1) is 0 Å². The fourth-order valence-corrected chi connectivity index (χ4v) is 4.91. The van der Waals surface area contributed by atoms with Crippen LogP contribution in [0.5, 0.6) is 0 Å². The molecule has 1 fully saturated rings. The second kappa shape index (κ2) is 10.6. The zero-order chi connectivity index (χ0) is 26.7. The minimum atomic E-state index is -1.24. The van der Waals surface area contributed by atoms with Gasteiger partial charge in [0.25, 0.3) is 5.91 Å². The van der Waals surface area contributed by atoms with Crippen LogP contribution in [-0.2, 0) is 6.54 Å². The van der Waals surface area contributed by atoms with Crippen molar-refractivity contribution in [3.8, 4) is 17.2 Å².